The van der Waals surface area contributed by atoms with E-state index >= 15 is 0 Å². The number of carboxylic acid groups (broad SMARTS) is 1. The summed E-state index contributed by atoms with van der Waals surface area (Å²) in [6.45, 7) is 5.58. The first-order valence-electron chi connectivity index (χ1n) is 12.4. The van der Waals surface area contributed by atoms with Crippen LogP contribution in [-0.4, -0.2) is 41.3 Å². The Morgan fingerprint density at radius 3 is 2.06 bits per heavy atom. The molecule has 3 N–H and O–H groups in total. The van der Waals surface area contributed by atoms with Gasteiger partial charge in [0.2, 0.25) is 5.91 Å². The number of carboxylic acids is 1. The van der Waals surface area contributed by atoms with Gasteiger partial charge < -0.3 is 20.5 Å². The Balaban J connectivity index is 1.35. The van der Waals surface area contributed by atoms with Crippen molar-refractivity contribution in [3.63, 3.8) is 0 Å². The van der Waals surface area contributed by atoms with Crippen molar-refractivity contribution in [1.29, 1.82) is 0 Å². The maximum Gasteiger partial charge on any atom is 0.407 e. The predicted octanol–water partition coefficient (Wildman–Crippen LogP) is 4.70. The summed E-state index contributed by atoms with van der Waals surface area (Å²) in [4.78, 5) is 37.1. The van der Waals surface area contributed by atoms with Crippen LogP contribution < -0.4 is 10.6 Å². The molecular weight excluding hydrogens is 444 g/mol. The molecule has 0 saturated heterocycles. The van der Waals surface area contributed by atoms with Crippen molar-refractivity contribution in [3.05, 3.63) is 59.7 Å². The largest absolute Gasteiger partial charge is 0.481 e. The summed E-state index contributed by atoms with van der Waals surface area (Å²) in [5, 5.41) is 15.3. The number of alkyl carbamates (subject to hydrolysis) is 1. The van der Waals surface area contributed by atoms with Crippen LogP contribution in [-0.2, 0) is 14.3 Å². The van der Waals surface area contributed by atoms with Crippen LogP contribution in [0.5, 0.6) is 0 Å². The molecule has 2 unspecified atom stereocenters. The summed E-state index contributed by atoms with van der Waals surface area (Å²) in [7, 11) is 0. The van der Waals surface area contributed by atoms with Gasteiger partial charge in [-0.2, -0.15) is 0 Å². The molecule has 2 aromatic carbocycles. The van der Waals surface area contributed by atoms with E-state index < -0.39 is 29.6 Å². The standard InChI is InChI=1S/C28H34N2O5/c1-17(2)25(26(32)33)18(3)29-24(31)15-28(13-8-14-28)30-27(34)35-16-23-21-11-6-4-9-19(21)20-10-5-7-12-22(20)23/h4-7,9-12,17-18,23,25H,8,13-16H2,1-3H3,(H,29,31)(H,30,34)(H,32,33). The van der Waals surface area contributed by atoms with Crippen molar-refractivity contribution in [2.24, 2.45) is 11.8 Å². The van der Waals surface area contributed by atoms with E-state index in [1.54, 1.807) is 6.92 Å². The van der Waals surface area contributed by atoms with Crippen LogP contribution in [0.25, 0.3) is 11.1 Å². The molecule has 2 aromatic rings. The number of hydrogen-bond donors (Lipinski definition) is 3. The molecule has 0 aliphatic heterocycles. The van der Waals surface area contributed by atoms with E-state index in [0.29, 0.717) is 12.8 Å². The molecule has 0 aromatic heterocycles. The monoisotopic (exact) mass is 478 g/mol. The first-order valence-corrected chi connectivity index (χ1v) is 12.4. The molecule has 0 heterocycles. The van der Waals surface area contributed by atoms with Gasteiger partial charge in [0.15, 0.2) is 0 Å². The Bertz CT molecular complexity index is 1060. The fraction of sp³-hybridized carbons (Fsp3) is 0.464. The zero-order valence-electron chi connectivity index (χ0n) is 20.5. The van der Waals surface area contributed by atoms with Gasteiger partial charge in [-0.25, -0.2) is 4.79 Å². The molecule has 0 bridgehead atoms. The van der Waals surface area contributed by atoms with E-state index in [1.807, 2.05) is 38.1 Å². The second-order valence-corrected chi connectivity index (χ2v) is 10.2. The lowest BCUT2D eigenvalue weighted by Gasteiger charge is -2.42. The average molecular weight is 479 g/mol. The molecular formula is C28H34N2O5. The average Bonchev–Trinajstić information content (AvgIpc) is 3.09. The predicted molar refractivity (Wildman–Crippen MR) is 133 cm³/mol. The lowest BCUT2D eigenvalue weighted by molar-refractivity contribution is -0.144. The number of carbonyl (C=O) groups is 3. The molecule has 2 atom stereocenters. The maximum absolute atomic E-state index is 12.8. The van der Waals surface area contributed by atoms with Crippen LogP contribution in [0.4, 0.5) is 4.79 Å². The number of rotatable bonds is 9. The lowest BCUT2D eigenvalue weighted by Crippen LogP contribution is -2.57. The lowest BCUT2D eigenvalue weighted by atomic mass is 9.74. The molecule has 35 heavy (non-hydrogen) atoms. The Labute approximate surface area is 206 Å². The number of hydrogen-bond acceptors (Lipinski definition) is 4. The molecule has 4 rings (SSSR count). The van der Waals surface area contributed by atoms with E-state index in [-0.39, 0.29) is 30.8 Å². The third-order valence-corrected chi connectivity index (χ3v) is 7.45. The number of carbonyl (C=O) groups excluding carboxylic acids is 2. The summed E-state index contributed by atoms with van der Waals surface area (Å²) in [5.41, 5.74) is 3.97. The number of nitrogens with one attached hydrogen (secondary N) is 2. The van der Waals surface area contributed by atoms with Crippen LogP contribution in [0, 0.1) is 11.8 Å². The second kappa shape index (κ2) is 10.1. The molecule has 2 aliphatic carbocycles. The number of aliphatic carboxylic acids is 1. The zero-order valence-corrected chi connectivity index (χ0v) is 20.5. The third kappa shape index (κ3) is 5.19. The summed E-state index contributed by atoms with van der Waals surface area (Å²) < 4.78 is 5.68. The fourth-order valence-corrected chi connectivity index (χ4v) is 5.58. The summed E-state index contributed by atoms with van der Waals surface area (Å²) in [6, 6.07) is 15.8. The molecule has 0 radical (unpaired) electrons. The molecule has 186 valence electrons. The SMILES string of the molecule is CC(C)C(C(=O)O)C(C)NC(=O)CC1(NC(=O)OCC2c3ccccc3-c3ccccc32)CCC1. The Hall–Kier alpha value is -3.35. The van der Waals surface area contributed by atoms with Gasteiger partial charge in [0.05, 0.1) is 11.5 Å². The van der Waals surface area contributed by atoms with Gasteiger partial charge in [0.25, 0.3) is 0 Å². The first-order chi connectivity index (χ1) is 16.7. The summed E-state index contributed by atoms with van der Waals surface area (Å²) in [5.74, 6) is -2.00. The molecule has 1 saturated carbocycles. The van der Waals surface area contributed by atoms with Crippen molar-refractivity contribution < 1.29 is 24.2 Å². The van der Waals surface area contributed by atoms with E-state index in [2.05, 4.69) is 34.9 Å². The number of benzene rings is 2. The Morgan fingerprint density at radius 2 is 1.57 bits per heavy atom. The topological polar surface area (TPSA) is 105 Å². The highest BCUT2D eigenvalue weighted by Gasteiger charge is 2.42. The molecule has 2 amide bonds. The van der Waals surface area contributed by atoms with Crippen LogP contribution in [0.2, 0.25) is 0 Å². The van der Waals surface area contributed by atoms with Crippen molar-refractivity contribution in [3.8, 4) is 11.1 Å². The third-order valence-electron chi connectivity index (χ3n) is 7.45. The van der Waals surface area contributed by atoms with Crippen molar-refractivity contribution in [1.82, 2.24) is 10.6 Å². The van der Waals surface area contributed by atoms with Gasteiger partial charge in [-0.15, -0.1) is 0 Å². The number of ether oxygens (including phenoxy) is 1. The minimum atomic E-state index is -0.928. The normalized spacial score (nSPS) is 17.5. The van der Waals surface area contributed by atoms with Gasteiger partial charge in [-0.3, -0.25) is 9.59 Å². The van der Waals surface area contributed by atoms with Crippen molar-refractivity contribution in [2.75, 3.05) is 6.61 Å². The van der Waals surface area contributed by atoms with Crippen LogP contribution in [0.3, 0.4) is 0 Å². The fourth-order valence-electron chi connectivity index (χ4n) is 5.58. The van der Waals surface area contributed by atoms with E-state index in [0.717, 1.165) is 17.5 Å². The molecule has 7 heteroatoms. The van der Waals surface area contributed by atoms with Crippen LogP contribution in [0.1, 0.15) is 63.5 Å². The number of fused-ring (bicyclic) bond motifs is 3. The Morgan fingerprint density at radius 1 is 1.00 bits per heavy atom. The quantitative estimate of drug-likeness (QED) is 0.485. The molecule has 0 spiro atoms. The van der Waals surface area contributed by atoms with Gasteiger partial charge in [0.1, 0.15) is 6.61 Å². The van der Waals surface area contributed by atoms with Crippen LogP contribution >= 0.6 is 0 Å². The first kappa shape index (κ1) is 24.8. The smallest absolute Gasteiger partial charge is 0.407 e. The second-order valence-electron chi connectivity index (χ2n) is 10.2. The minimum absolute atomic E-state index is 0.0291. The van der Waals surface area contributed by atoms with Crippen LogP contribution in [0.15, 0.2) is 48.5 Å². The zero-order chi connectivity index (χ0) is 25.2. The highest BCUT2D eigenvalue weighted by atomic mass is 16.5. The summed E-state index contributed by atoms with van der Waals surface area (Å²) >= 11 is 0. The highest BCUT2D eigenvalue weighted by molar-refractivity contribution is 5.81. The van der Waals surface area contributed by atoms with Crippen molar-refractivity contribution >= 4 is 18.0 Å². The highest BCUT2D eigenvalue weighted by Crippen LogP contribution is 2.44. The molecule has 2 aliphatic rings. The van der Waals surface area contributed by atoms with Gasteiger partial charge in [0, 0.05) is 18.4 Å². The van der Waals surface area contributed by atoms with Gasteiger partial charge in [-0.05, 0) is 54.4 Å². The molecule has 7 nitrogen and oxygen atoms in total. The maximum atomic E-state index is 12.8. The Kier molecular flexibility index (Phi) is 7.15. The van der Waals surface area contributed by atoms with E-state index in [9.17, 15) is 19.5 Å². The molecule has 1 fully saturated rings. The van der Waals surface area contributed by atoms with Gasteiger partial charge >= 0.3 is 12.1 Å². The number of amides is 2. The minimum Gasteiger partial charge on any atom is -0.481 e. The van der Waals surface area contributed by atoms with Gasteiger partial charge in [-0.1, -0.05) is 62.4 Å². The van der Waals surface area contributed by atoms with E-state index in [1.165, 1.54) is 11.1 Å². The van der Waals surface area contributed by atoms with Crippen molar-refractivity contribution in [2.45, 2.75) is 64.0 Å². The van der Waals surface area contributed by atoms with E-state index in [4.69, 9.17) is 4.74 Å². The summed E-state index contributed by atoms with van der Waals surface area (Å²) in [6.07, 6.45) is 1.86.